The van der Waals surface area contributed by atoms with Crippen molar-refractivity contribution in [1.29, 1.82) is 0 Å². The number of ketones is 1. The van der Waals surface area contributed by atoms with Gasteiger partial charge in [-0.05, 0) is 29.8 Å². The van der Waals surface area contributed by atoms with Gasteiger partial charge in [-0.2, -0.15) is 0 Å². The summed E-state index contributed by atoms with van der Waals surface area (Å²) in [5.74, 6) is -0.251. The summed E-state index contributed by atoms with van der Waals surface area (Å²) in [6.45, 7) is 0.442. The van der Waals surface area contributed by atoms with E-state index in [1.54, 1.807) is 24.3 Å². The third-order valence-corrected chi connectivity index (χ3v) is 3.60. The summed E-state index contributed by atoms with van der Waals surface area (Å²) >= 11 is 0. The van der Waals surface area contributed by atoms with E-state index in [-0.39, 0.29) is 0 Å². The van der Waals surface area contributed by atoms with E-state index >= 15 is 0 Å². The van der Waals surface area contributed by atoms with Crippen molar-refractivity contribution in [3.05, 3.63) is 65.7 Å². The molecule has 110 valence electrons. The van der Waals surface area contributed by atoms with Crippen LogP contribution in [0.5, 0.6) is 5.75 Å². The Morgan fingerprint density at radius 2 is 1.62 bits per heavy atom. The molecule has 0 spiro atoms. The van der Waals surface area contributed by atoms with Gasteiger partial charge in [-0.1, -0.05) is 30.3 Å². The predicted molar refractivity (Wildman–Crippen MR) is 81.3 cm³/mol. The second-order valence-electron chi connectivity index (χ2n) is 4.79. The number of hydrogen-bond donors (Lipinski definition) is 0. The molecular formula is C16H16O4S. The molecule has 0 unspecified atom stereocenters. The number of carbonyl (C=O) groups is 1. The Kier molecular flexibility index (Phi) is 4.75. The van der Waals surface area contributed by atoms with Gasteiger partial charge >= 0.3 is 0 Å². The first-order valence-corrected chi connectivity index (χ1v) is 8.48. The molecule has 4 nitrogen and oxygen atoms in total. The minimum Gasteiger partial charge on any atom is -0.489 e. The zero-order valence-electron chi connectivity index (χ0n) is 11.7. The average molecular weight is 304 g/mol. The molecule has 0 heterocycles. The molecular weight excluding hydrogens is 288 g/mol. The second kappa shape index (κ2) is 6.54. The maximum atomic E-state index is 11.7. The number of ether oxygens (including phenoxy) is 1. The quantitative estimate of drug-likeness (QED) is 0.769. The van der Waals surface area contributed by atoms with Crippen LogP contribution in [-0.4, -0.2) is 26.2 Å². The van der Waals surface area contributed by atoms with E-state index < -0.39 is 21.4 Å². The number of rotatable bonds is 6. The summed E-state index contributed by atoms with van der Waals surface area (Å²) in [7, 11) is -3.31. The molecule has 5 heteroatoms. The molecule has 0 atom stereocenters. The fraction of sp³-hybridized carbons (Fsp3) is 0.188. The molecule has 0 saturated carbocycles. The number of Topliss-reactive ketones (excluding diaryl/α,β-unsaturated/α-hetero) is 1. The van der Waals surface area contributed by atoms with Crippen LogP contribution >= 0.6 is 0 Å². The highest BCUT2D eigenvalue weighted by Crippen LogP contribution is 2.15. The van der Waals surface area contributed by atoms with Crippen molar-refractivity contribution >= 4 is 15.6 Å². The molecule has 0 fully saturated rings. The third-order valence-electron chi connectivity index (χ3n) is 2.82. The second-order valence-corrected chi connectivity index (χ2v) is 6.93. The summed E-state index contributed by atoms with van der Waals surface area (Å²) in [4.78, 5) is 11.7. The number of hydrogen-bond acceptors (Lipinski definition) is 4. The van der Waals surface area contributed by atoms with Crippen molar-refractivity contribution in [3.8, 4) is 5.75 Å². The van der Waals surface area contributed by atoms with Gasteiger partial charge in [-0.3, -0.25) is 4.79 Å². The minimum absolute atomic E-state index is 0.368. The van der Waals surface area contributed by atoms with E-state index in [4.69, 9.17) is 4.74 Å². The molecule has 0 aliphatic carbocycles. The van der Waals surface area contributed by atoms with E-state index in [0.29, 0.717) is 17.9 Å². The Bertz CT molecular complexity index is 704. The first-order valence-electron chi connectivity index (χ1n) is 6.42. The van der Waals surface area contributed by atoms with Crippen LogP contribution in [-0.2, 0) is 16.4 Å². The van der Waals surface area contributed by atoms with E-state index in [2.05, 4.69) is 0 Å². The summed E-state index contributed by atoms with van der Waals surface area (Å²) in [5.41, 5.74) is 1.42. The molecule has 2 rings (SSSR count). The van der Waals surface area contributed by atoms with Crippen LogP contribution in [0.15, 0.2) is 54.6 Å². The van der Waals surface area contributed by atoms with Crippen LogP contribution in [0.4, 0.5) is 0 Å². The summed E-state index contributed by atoms with van der Waals surface area (Å²) in [6, 6.07) is 16.2. The van der Waals surface area contributed by atoms with Crippen LogP contribution in [0, 0.1) is 0 Å². The molecule has 0 saturated heterocycles. The first kappa shape index (κ1) is 15.3. The zero-order valence-corrected chi connectivity index (χ0v) is 12.5. The van der Waals surface area contributed by atoms with Gasteiger partial charge in [0, 0.05) is 11.8 Å². The summed E-state index contributed by atoms with van der Waals surface area (Å²) in [5, 5.41) is 0. The summed E-state index contributed by atoms with van der Waals surface area (Å²) in [6.07, 6.45) is 1.04. The molecule has 21 heavy (non-hydrogen) atoms. The molecule has 0 aliphatic heterocycles. The van der Waals surface area contributed by atoms with Crippen LogP contribution in [0.1, 0.15) is 15.9 Å². The fourth-order valence-electron chi connectivity index (χ4n) is 1.80. The molecule has 2 aromatic rings. The predicted octanol–water partition coefficient (Wildman–Crippen LogP) is 2.49. The SMILES string of the molecule is CS(=O)(=O)CC(=O)c1ccc(OCc2ccccc2)cc1. The van der Waals surface area contributed by atoms with E-state index in [1.807, 2.05) is 30.3 Å². The minimum atomic E-state index is -3.31. The summed E-state index contributed by atoms with van der Waals surface area (Å²) < 4.78 is 27.8. The van der Waals surface area contributed by atoms with Crippen LogP contribution in [0.25, 0.3) is 0 Å². The molecule has 0 amide bonds. The van der Waals surface area contributed by atoms with Crippen molar-refractivity contribution < 1.29 is 17.9 Å². The van der Waals surface area contributed by atoms with E-state index in [9.17, 15) is 13.2 Å². The maximum absolute atomic E-state index is 11.7. The normalized spacial score (nSPS) is 11.1. The van der Waals surface area contributed by atoms with Gasteiger partial charge in [0.05, 0.1) is 0 Å². The van der Waals surface area contributed by atoms with Crippen LogP contribution < -0.4 is 4.74 Å². The Hall–Kier alpha value is -2.14. The van der Waals surface area contributed by atoms with Crippen molar-refractivity contribution in [3.63, 3.8) is 0 Å². The highest BCUT2D eigenvalue weighted by Gasteiger charge is 2.13. The van der Waals surface area contributed by atoms with Gasteiger partial charge in [0.1, 0.15) is 18.1 Å². The van der Waals surface area contributed by atoms with Crippen molar-refractivity contribution in [2.45, 2.75) is 6.61 Å². The third kappa shape index (κ3) is 5.04. The smallest absolute Gasteiger partial charge is 0.177 e. The molecule has 0 aliphatic rings. The van der Waals surface area contributed by atoms with Crippen molar-refractivity contribution in [2.75, 3.05) is 12.0 Å². The standard InChI is InChI=1S/C16H16O4S/c1-21(18,19)12-16(17)14-7-9-15(10-8-14)20-11-13-5-3-2-4-6-13/h2-10H,11-12H2,1H3. The highest BCUT2D eigenvalue weighted by molar-refractivity contribution is 7.91. The van der Waals surface area contributed by atoms with E-state index in [0.717, 1.165) is 11.8 Å². The Labute approximate surface area is 124 Å². The van der Waals surface area contributed by atoms with Gasteiger partial charge in [0.2, 0.25) is 0 Å². The number of carbonyl (C=O) groups excluding carboxylic acids is 1. The fourth-order valence-corrected chi connectivity index (χ4v) is 2.44. The first-order chi connectivity index (χ1) is 9.94. The monoisotopic (exact) mass is 304 g/mol. The number of benzene rings is 2. The molecule has 0 aromatic heterocycles. The number of sulfone groups is 1. The topological polar surface area (TPSA) is 60.4 Å². The average Bonchev–Trinajstić information content (AvgIpc) is 2.45. The van der Waals surface area contributed by atoms with Gasteiger partial charge in [-0.15, -0.1) is 0 Å². The lowest BCUT2D eigenvalue weighted by atomic mass is 10.1. The van der Waals surface area contributed by atoms with Gasteiger partial charge in [-0.25, -0.2) is 8.42 Å². The highest BCUT2D eigenvalue weighted by atomic mass is 32.2. The van der Waals surface area contributed by atoms with Crippen molar-refractivity contribution in [1.82, 2.24) is 0 Å². The van der Waals surface area contributed by atoms with Crippen LogP contribution in [0.2, 0.25) is 0 Å². The largest absolute Gasteiger partial charge is 0.489 e. The lowest BCUT2D eigenvalue weighted by Gasteiger charge is -2.07. The Morgan fingerprint density at radius 3 is 2.19 bits per heavy atom. The Morgan fingerprint density at radius 1 is 1.00 bits per heavy atom. The van der Waals surface area contributed by atoms with Gasteiger partial charge < -0.3 is 4.74 Å². The lowest BCUT2D eigenvalue weighted by molar-refractivity contribution is 0.102. The van der Waals surface area contributed by atoms with Gasteiger partial charge in [0.25, 0.3) is 0 Å². The molecule has 0 bridgehead atoms. The Balaban J connectivity index is 1.97. The van der Waals surface area contributed by atoms with Crippen molar-refractivity contribution in [2.24, 2.45) is 0 Å². The maximum Gasteiger partial charge on any atom is 0.177 e. The molecule has 2 aromatic carbocycles. The molecule has 0 radical (unpaired) electrons. The molecule has 0 N–H and O–H groups in total. The zero-order chi connectivity index (χ0) is 15.3. The van der Waals surface area contributed by atoms with E-state index in [1.165, 1.54) is 0 Å². The van der Waals surface area contributed by atoms with Crippen LogP contribution in [0.3, 0.4) is 0 Å². The lowest BCUT2D eigenvalue weighted by Crippen LogP contribution is -2.14. The van der Waals surface area contributed by atoms with Gasteiger partial charge in [0.15, 0.2) is 15.6 Å².